The highest BCUT2D eigenvalue weighted by molar-refractivity contribution is 9.10. The standard InChI is InChI=1S/C17H20BrClN2/c1-12(20)17(13-7-5-8-15(18)10-13)21(2)11-14-6-3-4-9-16(14)19/h3-10,12,17H,11,20H2,1-2H3. The molecular weight excluding hydrogens is 348 g/mol. The van der Waals surface area contributed by atoms with E-state index in [0.29, 0.717) is 0 Å². The van der Waals surface area contributed by atoms with Crippen LogP contribution in [0.2, 0.25) is 5.02 Å². The van der Waals surface area contributed by atoms with Crippen LogP contribution in [-0.2, 0) is 6.54 Å². The number of nitrogens with two attached hydrogens (primary N) is 1. The average molecular weight is 368 g/mol. The molecule has 0 bridgehead atoms. The number of hydrogen-bond donors (Lipinski definition) is 1. The van der Waals surface area contributed by atoms with E-state index in [-0.39, 0.29) is 12.1 Å². The van der Waals surface area contributed by atoms with E-state index < -0.39 is 0 Å². The molecule has 0 aliphatic heterocycles. The Hall–Kier alpha value is -0.870. The fraction of sp³-hybridized carbons (Fsp3) is 0.294. The van der Waals surface area contributed by atoms with Gasteiger partial charge in [0.25, 0.3) is 0 Å². The van der Waals surface area contributed by atoms with Crippen LogP contribution >= 0.6 is 27.5 Å². The van der Waals surface area contributed by atoms with Crippen molar-refractivity contribution in [3.8, 4) is 0 Å². The molecule has 0 fully saturated rings. The molecule has 2 nitrogen and oxygen atoms in total. The first-order valence-corrected chi connectivity index (χ1v) is 8.11. The quantitative estimate of drug-likeness (QED) is 0.835. The summed E-state index contributed by atoms with van der Waals surface area (Å²) in [7, 11) is 2.08. The van der Waals surface area contributed by atoms with E-state index in [1.54, 1.807) is 0 Å². The van der Waals surface area contributed by atoms with Crippen molar-refractivity contribution in [3.05, 3.63) is 69.2 Å². The average Bonchev–Trinajstić information content (AvgIpc) is 2.41. The summed E-state index contributed by atoms with van der Waals surface area (Å²) in [5, 5.41) is 0.794. The lowest BCUT2D eigenvalue weighted by Crippen LogP contribution is -2.37. The lowest BCUT2D eigenvalue weighted by molar-refractivity contribution is 0.211. The fourth-order valence-electron chi connectivity index (χ4n) is 2.64. The topological polar surface area (TPSA) is 29.3 Å². The van der Waals surface area contributed by atoms with Gasteiger partial charge in [0.15, 0.2) is 0 Å². The number of nitrogens with zero attached hydrogens (tertiary/aromatic N) is 1. The Morgan fingerprint density at radius 2 is 1.90 bits per heavy atom. The maximum atomic E-state index is 6.26. The molecule has 2 unspecified atom stereocenters. The monoisotopic (exact) mass is 366 g/mol. The zero-order valence-corrected chi connectivity index (χ0v) is 14.6. The molecule has 0 radical (unpaired) electrons. The molecule has 2 N–H and O–H groups in total. The third-order valence-corrected chi connectivity index (χ3v) is 4.40. The SMILES string of the molecule is CC(N)C(c1cccc(Br)c1)N(C)Cc1ccccc1Cl. The first-order chi connectivity index (χ1) is 9.99. The van der Waals surface area contributed by atoms with Gasteiger partial charge in [-0.25, -0.2) is 0 Å². The molecule has 2 aromatic rings. The van der Waals surface area contributed by atoms with Gasteiger partial charge in [0.05, 0.1) is 0 Å². The zero-order chi connectivity index (χ0) is 15.4. The molecule has 2 atom stereocenters. The zero-order valence-electron chi connectivity index (χ0n) is 12.3. The molecule has 0 amide bonds. The second-order valence-electron chi connectivity index (χ2n) is 5.37. The van der Waals surface area contributed by atoms with Crippen molar-refractivity contribution in [2.45, 2.75) is 25.6 Å². The minimum atomic E-state index is 0.0202. The van der Waals surface area contributed by atoms with E-state index in [4.69, 9.17) is 17.3 Å². The molecule has 0 saturated heterocycles. The Balaban J connectivity index is 2.24. The molecule has 0 spiro atoms. The Kier molecular flexibility index (Phi) is 5.82. The summed E-state index contributed by atoms with van der Waals surface area (Å²) in [4.78, 5) is 2.24. The van der Waals surface area contributed by atoms with Gasteiger partial charge >= 0.3 is 0 Å². The number of halogens is 2. The predicted octanol–water partition coefficient (Wildman–Crippen LogP) is 4.62. The Morgan fingerprint density at radius 1 is 1.19 bits per heavy atom. The van der Waals surface area contributed by atoms with Crippen LogP contribution < -0.4 is 5.73 Å². The first kappa shape index (κ1) is 16.5. The lowest BCUT2D eigenvalue weighted by Gasteiger charge is -2.32. The Labute approximate surface area is 140 Å². The second-order valence-corrected chi connectivity index (χ2v) is 6.69. The van der Waals surface area contributed by atoms with Crippen molar-refractivity contribution >= 4 is 27.5 Å². The maximum Gasteiger partial charge on any atom is 0.0497 e. The molecule has 4 heteroatoms. The van der Waals surface area contributed by atoms with E-state index in [2.05, 4.69) is 46.1 Å². The molecule has 2 rings (SSSR count). The van der Waals surface area contributed by atoms with Crippen molar-refractivity contribution in [1.29, 1.82) is 0 Å². The second kappa shape index (κ2) is 7.41. The summed E-state index contributed by atoms with van der Waals surface area (Å²) in [6, 6.07) is 16.4. The van der Waals surface area contributed by atoms with E-state index in [9.17, 15) is 0 Å². The number of rotatable bonds is 5. The summed E-state index contributed by atoms with van der Waals surface area (Å²) < 4.78 is 1.07. The molecule has 112 valence electrons. The number of benzene rings is 2. The maximum absolute atomic E-state index is 6.26. The molecule has 0 aromatic heterocycles. The largest absolute Gasteiger partial charge is 0.326 e. The van der Waals surface area contributed by atoms with Crippen LogP contribution in [0.1, 0.15) is 24.1 Å². The van der Waals surface area contributed by atoms with Gasteiger partial charge in [0.1, 0.15) is 0 Å². The van der Waals surface area contributed by atoms with Crippen molar-refractivity contribution in [2.75, 3.05) is 7.05 Å². The normalized spacial score (nSPS) is 14.2. The van der Waals surface area contributed by atoms with Crippen LogP contribution in [0.3, 0.4) is 0 Å². The minimum Gasteiger partial charge on any atom is -0.326 e. The van der Waals surface area contributed by atoms with Gasteiger partial charge < -0.3 is 5.73 Å². The van der Waals surface area contributed by atoms with Crippen LogP contribution in [0.5, 0.6) is 0 Å². The Bertz CT molecular complexity index is 601. The Morgan fingerprint density at radius 3 is 2.52 bits per heavy atom. The predicted molar refractivity (Wildman–Crippen MR) is 93.5 cm³/mol. The van der Waals surface area contributed by atoms with Gasteiger partial charge in [0, 0.05) is 28.1 Å². The van der Waals surface area contributed by atoms with Crippen LogP contribution in [0.4, 0.5) is 0 Å². The molecular formula is C17H20BrClN2. The van der Waals surface area contributed by atoms with Crippen molar-refractivity contribution in [1.82, 2.24) is 4.90 Å². The first-order valence-electron chi connectivity index (χ1n) is 6.93. The third-order valence-electron chi connectivity index (χ3n) is 3.54. The van der Waals surface area contributed by atoms with Gasteiger partial charge in [-0.2, -0.15) is 0 Å². The number of likely N-dealkylation sites (N-methyl/N-ethyl adjacent to an activating group) is 1. The minimum absolute atomic E-state index is 0.0202. The van der Waals surface area contributed by atoms with Crippen molar-refractivity contribution in [2.24, 2.45) is 5.73 Å². The van der Waals surface area contributed by atoms with Crippen LogP contribution in [-0.4, -0.2) is 18.0 Å². The van der Waals surface area contributed by atoms with Crippen LogP contribution in [0.15, 0.2) is 53.0 Å². The molecule has 0 saturated carbocycles. The highest BCUT2D eigenvalue weighted by Crippen LogP contribution is 2.27. The smallest absolute Gasteiger partial charge is 0.0497 e. The fourth-order valence-corrected chi connectivity index (χ4v) is 3.26. The molecule has 21 heavy (non-hydrogen) atoms. The summed E-state index contributed by atoms with van der Waals surface area (Å²) in [6.45, 7) is 2.80. The highest BCUT2D eigenvalue weighted by Gasteiger charge is 2.22. The van der Waals surface area contributed by atoms with Crippen molar-refractivity contribution in [3.63, 3.8) is 0 Å². The van der Waals surface area contributed by atoms with Gasteiger partial charge in [-0.3, -0.25) is 4.90 Å². The molecule has 0 aliphatic carbocycles. The summed E-state index contributed by atoms with van der Waals surface area (Å²) >= 11 is 9.79. The van der Waals surface area contributed by atoms with E-state index in [0.717, 1.165) is 21.6 Å². The van der Waals surface area contributed by atoms with Gasteiger partial charge in [0.2, 0.25) is 0 Å². The van der Waals surface area contributed by atoms with E-state index >= 15 is 0 Å². The van der Waals surface area contributed by atoms with E-state index in [1.807, 2.05) is 37.3 Å². The summed E-state index contributed by atoms with van der Waals surface area (Å²) in [5.74, 6) is 0. The van der Waals surface area contributed by atoms with E-state index in [1.165, 1.54) is 5.56 Å². The van der Waals surface area contributed by atoms with Crippen LogP contribution in [0, 0.1) is 0 Å². The summed E-state index contributed by atoms with van der Waals surface area (Å²) in [6.07, 6.45) is 0. The van der Waals surface area contributed by atoms with Crippen molar-refractivity contribution < 1.29 is 0 Å². The molecule has 0 heterocycles. The van der Waals surface area contributed by atoms with Gasteiger partial charge in [-0.15, -0.1) is 0 Å². The molecule has 2 aromatic carbocycles. The van der Waals surface area contributed by atoms with Crippen LogP contribution in [0.25, 0.3) is 0 Å². The third kappa shape index (κ3) is 4.30. The summed E-state index contributed by atoms with van der Waals surface area (Å²) in [5.41, 5.74) is 8.54. The highest BCUT2D eigenvalue weighted by atomic mass is 79.9. The number of hydrogen-bond acceptors (Lipinski definition) is 2. The lowest BCUT2D eigenvalue weighted by atomic mass is 9.99. The van der Waals surface area contributed by atoms with Gasteiger partial charge in [-0.1, -0.05) is 57.9 Å². The van der Waals surface area contributed by atoms with Gasteiger partial charge in [-0.05, 0) is 43.3 Å². The molecule has 0 aliphatic rings.